The van der Waals surface area contributed by atoms with Gasteiger partial charge in [0.25, 0.3) is 0 Å². The topological polar surface area (TPSA) is 109 Å². The van der Waals surface area contributed by atoms with Gasteiger partial charge in [-0.1, -0.05) is 12.1 Å². The van der Waals surface area contributed by atoms with Crippen molar-refractivity contribution in [2.75, 3.05) is 0 Å². The monoisotopic (exact) mass is 761 g/mol. The summed E-state index contributed by atoms with van der Waals surface area (Å²) < 4.78 is 73.0. The number of nitrogens with zero attached hydrogens (tertiary/aromatic N) is 6. The van der Waals surface area contributed by atoms with E-state index in [9.17, 15) is 26.3 Å². The van der Waals surface area contributed by atoms with E-state index < -0.39 is 24.0 Å². The van der Waals surface area contributed by atoms with E-state index >= 15 is 0 Å². The number of halogens is 6. The first-order valence-corrected chi connectivity index (χ1v) is 9.87. The molecule has 0 aliphatic rings. The van der Waals surface area contributed by atoms with Crippen LogP contribution in [0.1, 0.15) is 11.6 Å². The molecule has 2 N–H and O–H groups in total. The largest absolute Gasteiger partial charge is 0.451 e. The molecule has 0 aliphatic carbocycles. The number of nitrogens with one attached hydrogen (secondary N) is 2. The maximum Gasteiger partial charge on any atom is 0.451 e. The molecule has 1 atom stereocenters. The van der Waals surface area contributed by atoms with Crippen molar-refractivity contribution in [2.45, 2.75) is 12.4 Å². The van der Waals surface area contributed by atoms with Gasteiger partial charge in [-0.05, 0) is 24.3 Å². The molecule has 0 radical (unpaired) electrons. The van der Waals surface area contributed by atoms with E-state index in [2.05, 4.69) is 36.2 Å². The molecule has 40 heavy (non-hydrogen) atoms. The van der Waals surface area contributed by atoms with Crippen LogP contribution in [-0.2, 0) is 32.1 Å². The number of alkyl halides is 6. The average molecular weight is 760 g/mol. The Balaban J connectivity index is 0. The standard InChI is InChI=1S/2C8H5F3N4.C6H5.2CH3.Os.H3P/c2*9-8(10,11)7-13-6(14-15-7)5-3-1-2-4-12-5;1-2-4-6-5-3-1;;;;/h2*1-4H,(H,13,14,15);1-5H;2*1H3;;1H3/q;;3*-1;;. The van der Waals surface area contributed by atoms with Crippen molar-refractivity contribution < 1.29 is 46.1 Å². The Bertz CT molecular complexity index is 1200. The summed E-state index contributed by atoms with van der Waals surface area (Å²) in [4.78, 5) is 14.3. The normalized spacial score (nSPS) is 9.95. The molecule has 218 valence electrons. The molecule has 1 unspecified atom stereocenters. The van der Waals surface area contributed by atoms with Gasteiger partial charge in [-0.15, -0.1) is 0 Å². The van der Waals surface area contributed by atoms with Crippen molar-refractivity contribution in [3.8, 4) is 23.0 Å². The number of H-pyrrole nitrogens is 2. The van der Waals surface area contributed by atoms with Crippen molar-refractivity contribution >= 4 is 9.90 Å². The number of benzene rings is 1. The Morgan fingerprint density at radius 2 is 1.00 bits per heavy atom. The van der Waals surface area contributed by atoms with Crippen LogP contribution in [0, 0.1) is 20.9 Å². The van der Waals surface area contributed by atoms with Gasteiger partial charge in [0.15, 0.2) is 11.6 Å². The van der Waals surface area contributed by atoms with Gasteiger partial charge in [-0.2, -0.15) is 82.8 Å². The summed E-state index contributed by atoms with van der Waals surface area (Å²) in [5, 5.41) is 10.5. The Hall–Kier alpha value is -3.55. The summed E-state index contributed by atoms with van der Waals surface area (Å²) in [5.41, 5.74) is 0.591. The zero-order valence-electron chi connectivity index (χ0n) is 21.0. The van der Waals surface area contributed by atoms with Crippen LogP contribution >= 0.6 is 9.90 Å². The molecule has 4 aromatic heterocycles. The first-order chi connectivity index (χ1) is 17.1. The molecule has 5 aromatic rings. The van der Waals surface area contributed by atoms with E-state index in [0.717, 1.165) is 0 Å². The third-order valence-corrected chi connectivity index (χ3v) is 3.90. The van der Waals surface area contributed by atoms with Crippen molar-refractivity contribution in [3.63, 3.8) is 0 Å². The predicted molar refractivity (Wildman–Crippen MR) is 138 cm³/mol. The number of rotatable bonds is 2. The third-order valence-electron chi connectivity index (χ3n) is 3.90. The summed E-state index contributed by atoms with van der Waals surface area (Å²) in [6.07, 6.45) is -6.11. The molecule has 0 spiro atoms. The van der Waals surface area contributed by atoms with Crippen molar-refractivity contribution in [2.24, 2.45) is 0 Å². The van der Waals surface area contributed by atoms with Gasteiger partial charge in [0.2, 0.25) is 11.6 Å². The first-order valence-electron chi connectivity index (χ1n) is 9.87. The second-order valence-corrected chi connectivity index (χ2v) is 6.52. The molecular formula is C24H24F6N8OsP-3. The Morgan fingerprint density at radius 1 is 0.600 bits per heavy atom. The summed E-state index contributed by atoms with van der Waals surface area (Å²) in [6, 6.07) is 22.2. The van der Waals surface area contributed by atoms with Crippen LogP contribution in [0.4, 0.5) is 26.3 Å². The molecule has 0 amide bonds. The maximum atomic E-state index is 12.2. The van der Waals surface area contributed by atoms with Crippen molar-refractivity contribution in [1.82, 2.24) is 40.3 Å². The Kier molecular flexibility index (Phi) is 17.3. The zero-order valence-corrected chi connectivity index (χ0v) is 25.0. The van der Waals surface area contributed by atoms with Gasteiger partial charge in [0, 0.05) is 32.2 Å². The van der Waals surface area contributed by atoms with E-state index in [1.165, 1.54) is 24.5 Å². The first kappa shape index (κ1) is 38.6. The molecule has 0 aliphatic heterocycles. The number of hydrogen-bond donors (Lipinski definition) is 2. The molecular weight excluding hydrogens is 736 g/mol. The quantitative estimate of drug-likeness (QED) is 0.126. The van der Waals surface area contributed by atoms with Crippen LogP contribution in [0.2, 0.25) is 0 Å². The average Bonchev–Trinajstić information content (AvgIpc) is 3.58. The van der Waals surface area contributed by atoms with Gasteiger partial charge >= 0.3 is 12.4 Å². The van der Waals surface area contributed by atoms with E-state index in [1.807, 2.05) is 40.5 Å². The fraction of sp³-hybridized carbons (Fsp3) is 0.0833. The second-order valence-electron chi connectivity index (χ2n) is 6.52. The van der Waals surface area contributed by atoms with Crippen LogP contribution in [0.15, 0.2) is 79.1 Å². The molecule has 0 bridgehead atoms. The van der Waals surface area contributed by atoms with Gasteiger partial charge in [0.1, 0.15) is 11.4 Å². The van der Waals surface area contributed by atoms with Gasteiger partial charge < -0.3 is 14.9 Å². The molecule has 0 saturated carbocycles. The second kappa shape index (κ2) is 17.9. The third kappa shape index (κ3) is 12.1. The van der Waals surface area contributed by atoms with E-state index in [4.69, 9.17) is 0 Å². The SMILES string of the molecule is FC(F)(F)c1nc(-c2ccccn2)n[nH]1.FC(F)(F)c1nc(-c2ccccn2)n[nH]1.P.[CH3-].[CH3-].[Os].[c-]1ccccc1. The van der Waals surface area contributed by atoms with Crippen molar-refractivity contribution in [3.05, 3.63) is 112 Å². The summed E-state index contributed by atoms with van der Waals surface area (Å²) in [5.74, 6) is -2.38. The number of hydrogen-bond acceptors (Lipinski definition) is 6. The van der Waals surface area contributed by atoms with Crippen LogP contribution in [-0.4, -0.2) is 40.3 Å². The van der Waals surface area contributed by atoms with Crippen molar-refractivity contribution in [1.29, 1.82) is 0 Å². The number of aromatic amines is 2. The van der Waals surface area contributed by atoms with E-state index in [1.54, 1.807) is 24.3 Å². The molecule has 8 nitrogen and oxygen atoms in total. The van der Waals surface area contributed by atoms with E-state index in [-0.39, 0.29) is 56.2 Å². The molecule has 16 heteroatoms. The minimum absolute atomic E-state index is 0. The smallest absolute Gasteiger partial charge is 0.358 e. The summed E-state index contributed by atoms with van der Waals surface area (Å²) in [6.45, 7) is 0. The predicted octanol–water partition coefficient (Wildman–Crippen LogP) is 6.21. The minimum Gasteiger partial charge on any atom is -0.358 e. The molecule has 1 aromatic carbocycles. The van der Waals surface area contributed by atoms with Crippen LogP contribution < -0.4 is 0 Å². The Labute approximate surface area is 243 Å². The van der Waals surface area contributed by atoms with Gasteiger partial charge in [-0.3, -0.25) is 20.2 Å². The molecule has 0 fully saturated rings. The number of aromatic nitrogens is 8. The molecule has 0 saturated heterocycles. The van der Waals surface area contributed by atoms with Crippen LogP contribution in [0.5, 0.6) is 0 Å². The zero-order chi connectivity index (χ0) is 26.0. The van der Waals surface area contributed by atoms with Crippen LogP contribution in [0.25, 0.3) is 23.0 Å². The Morgan fingerprint density at radius 3 is 1.23 bits per heavy atom. The number of pyridine rings is 2. The van der Waals surface area contributed by atoms with E-state index in [0.29, 0.717) is 11.4 Å². The van der Waals surface area contributed by atoms with Gasteiger partial charge in [0.05, 0.1) is 0 Å². The summed E-state index contributed by atoms with van der Waals surface area (Å²) in [7, 11) is 0. The van der Waals surface area contributed by atoms with Gasteiger partial charge in [-0.25, -0.2) is 9.97 Å². The summed E-state index contributed by atoms with van der Waals surface area (Å²) >= 11 is 0. The fourth-order valence-corrected chi connectivity index (χ4v) is 2.34. The molecule has 5 rings (SSSR count). The minimum atomic E-state index is -4.51. The fourth-order valence-electron chi connectivity index (χ4n) is 2.34. The molecule has 4 heterocycles. The van der Waals surface area contributed by atoms with Crippen LogP contribution in [0.3, 0.4) is 0 Å². The maximum absolute atomic E-state index is 12.2.